The number of carbonyl (C=O) groups is 1. The molecule has 0 aromatic rings. The van der Waals surface area contributed by atoms with Crippen LogP contribution in [0, 0.1) is 11.3 Å². The van der Waals surface area contributed by atoms with Crippen LogP contribution in [0.15, 0.2) is 10.3 Å². The number of carbonyl (C=O) groups excluding carboxylic acids is 1. The zero-order chi connectivity index (χ0) is 15.7. The van der Waals surface area contributed by atoms with Crippen molar-refractivity contribution >= 4 is 17.4 Å². The Morgan fingerprint density at radius 3 is 2.67 bits per heavy atom. The normalized spacial score (nSPS) is 27.7. The van der Waals surface area contributed by atoms with Gasteiger partial charge in [-0.25, -0.2) is 4.79 Å². The number of hydrogen-bond acceptors (Lipinski definition) is 5. The van der Waals surface area contributed by atoms with Crippen molar-refractivity contribution in [3.8, 4) is 0 Å². The summed E-state index contributed by atoms with van der Waals surface area (Å²) < 4.78 is 0. The van der Waals surface area contributed by atoms with Crippen molar-refractivity contribution in [1.29, 1.82) is 0 Å². The van der Waals surface area contributed by atoms with Gasteiger partial charge in [0.15, 0.2) is 0 Å². The number of oxime groups is 2. The Balaban J connectivity index is 2.16. The molecule has 0 saturated heterocycles. The Hall–Kier alpha value is -1.39. The van der Waals surface area contributed by atoms with E-state index in [9.17, 15) is 4.79 Å². The molecule has 118 valence electrons. The standard InChI is InChI=1S/C16H26N2O3/c1-6-11(7-2)17-20-14(19)16-10-8-9-12(16)13(18-21-16)15(3,4)5/h12H,6-10H2,1-5H3. The lowest BCUT2D eigenvalue weighted by Gasteiger charge is -2.26. The van der Waals surface area contributed by atoms with Crippen LogP contribution in [0.1, 0.15) is 66.7 Å². The minimum Gasteiger partial charge on any atom is -0.376 e. The van der Waals surface area contributed by atoms with E-state index in [4.69, 9.17) is 9.68 Å². The van der Waals surface area contributed by atoms with Crippen molar-refractivity contribution in [3.63, 3.8) is 0 Å². The van der Waals surface area contributed by atoms with Crippen molar-refractivity contribution in [2.24, 2.45) is 21.6 Å². The highest BCUT2D eigenvalue weighted by Crippen LogP contribution is 2.48. The SMILES string of the molecule is CCC(CC)=NOC(=O)C12CCCC1C(C(C)(C)C)=NO2. The van der Waals surface area contributed by atoms with E-state index in [1.165, 1.54) is 0 Å². The topological polar surface area (TPSA) is 60.2 Å². The van der Waals surface area contributed by atoms with Crippen LogP contribution in [0.2, 0.25) is 0 Å². The molecular formula is C16H26N2O3. The predicted octanol–water partition coefficient (Wildman–Crippen LogP) is 3.68. The Labute approximate surface area is 126 Å². The molecule has 5 heteroatoms. The lowest BCUT2D eigenvalue weighted by molar-refractivity contribution is -0.172. The number of fused-ring (bicyclic) bond motifs is 1. The molecule has 0 bridgehead atoms. The Bertz CT molecular complexity index is 470. The van der Waals surface area contributed by atoms with Gasteiger partial charge in [-0.15, -0.1) is 0 Å². The second-order valence-electron chi connectivity index (χ2n) is 6.90. The molecule has 0 aromatic carbocycles. The highest BCUT2D eigenvalue weighted by atomic mass is 16.7. The van der Waals surface area contributed by atoms with E-state index in [-0.39, 0.29) is 11.3 Å². The Kier molecular flexibility index (Phi) is 4.40. The van der Waals surface area contributed by atoms with Gasteiger partial charge in [-0.05, 0) is 25.7 Å². The van der Waals surface area contributed by atoms with Gasteiger partial charge in [-0.2, -0.15) is 0 Å². The second kappa shape index (κ2) is 5.78. The van der Waals surface area contributed by atoms with Gasteiger partial charge in [0.2, 0.25) is 5.60 Å². The van der Waals surface area contributed by atoms with Crippen LogP contribution in [0.25, 0.3) is 0 Å². The third-order valence-electron chi connectivity index (χ3n) is 4.43. The van der Waals surface area contributed by atoms with Crippen molar-refractivity contribution in [1.82, 2.24) is 0 Å². The van der Waals surface area contributed by atoms with Gasteiger partial charge in [0, 0.05) is 11.8 Å². The van der Waals surface area contributed by atoms with Gasteiger partial charge in [0.25, 0.3) is 0 Å². The fourth-order valence-corrected chi connectivity index (χ4v) is 3.14. The number of hydrogen-bond donors (Lipinski definition) is 0. The fourth-order valence-electron chi connectivity index (χ4n) is 3.14. The van der Waals surface area contributed by atoms with Crippen LogP contribution >= 0.6 is 0 Å². The lowest BCUT2D eigenvalue weighted by Crippen LogP contribution is -2.45. The summed E-state index contributed by atoms with van der Waals surface area (Å²) >= 11 is 0. The summed E-state index contributed by atoms with van der Waals surface area (Å²) in [5.74, 6) is -0.376. The third kappa shape index (κ3) is 2.83. The van der Waals surface area contributed by atoms with Gasteiger partial charge in [0.1, 0.15) is 0 Å². The maximum atomic E-state index is 12.5. The van der Waals surface area contributed by atoms with Gasteiger partial charge in [-0.1, -0.05) is 44.9 Å². The zero-order valence-electron chi connectivity index (χ0n) is 13.7. The van der Waals surface area contributed by atoms with E-state index in [1.54, 1.807) is 0 Å². The molecule has 2 unspecified atom stereocenters. The van der Waals surface area contributed by atoms with Crippen LogP contribution in [-0.4, -0.2) is 23.0 Å². The summed E-state index contributed by atoms with van der Waals surface area (Å²) in [5, 5.41) is 8.20. The first-order valence-electron chi connectivity index (χ1n) is 7.89. The quantitative estimate of drug-likeness (QED) is 0.451. The maximum Gasteiger partial charge on any atom is 0.381 e. The molecule has 2 aliphatic rings. The van der Waals surface area contributed by atoms with E-state index in [2.05, 4.69) is 31.1 Å². The molecule has 1 fully saturated rings. The molecule has 0 radical (unpaired) electrons. The first-order chi connectivity index (χ1) is 9.85. The van der Waals surface area contributed by atoms with E-state index < -0.39 is 11.6 Å². The summed E-state index contributed by atoms with van der Waals surface area (Å²) in [6.07, 6.45) is 4.09. The van der Waals surface area contributed by atoms with E-state index in [0.29, 0.717) is 6.42 Å². The Morgan fingerprint density at radius 1 is 1.43 bits per heavy atom. The summed E-state index contributed by atoms with van der Waals surface area (Å²) in [6.45, 7) is 10.3. The smallest absolute Gasteiger partial charge is 0.376 e. The van der Waals surface area contributed by atoms with Gasteiger partial charge >= 0.3 is 5.97 Å². The molecule has 1 heterocycles. The van der Waals surface area contributed by atoms with Crippen molar-refractivity contribution < 1.29 is 14.5 Å². The van der Waals surface area contributed by atoms with Gasteiger partial charge in [0.05, 0.1) is 17.3 Å². The summed E-state index contributed by atoms with van der Waals surface area (Å²) in [7, 11) is 0. The van der Waals surface area contributed by atoms with Crippen LogP contribution in [0.3, 0.4) is 0 Å². The lowest BCUT2D eigenvalue weighted by atomic mass is 9.76. The van der Waals surface area contributed by atoms with E-state index in [1.807, 2.05) is 13.8 Å². The van der Waals surface area contributed by atoms with E-state index >= 15 is 0 Å². The summed E-state index contributed by atoms with van der Waals surface area (Å²) in [5.41, 5.74) is 0.799. The molecule has 1 saturated carbocycles. The maximum absolute atomic E-state index is 12.5. The predicted molar refractivity (Wildman–Crippen MR) is 82.2 cm³/mol. The molecule has 0 N–H and O–H groups in total. The first kappa shape index (κ1) is 16.0. The van der Waals surface area contributed by atoms with E-state index in [0.717, 1.165) is 37.1 Å². The minimum atomic E-state index is -0.946. The average molecular weight is 294 g/mol. The van der Waals surface area contributed by atoms with Crippen molar-refractivity contribution in [2.45, 2.75) is 72.3 Å². The van der Waals surface area contributed by atoms with Gasteiger partial charge in [-0.3, -0.25) is 0 Å². The average Bonchev–Trinajstić information content (AvgIpc) is 2.97. The molecule has 5 nitrogen and oxygen atoms in total. The zero-order valence-corrected chi connectivity index (χ0v) is 13.7. The van der Waals surface area contributed by atoms with Crippen LogP contribution in [-0.2, 0) is 14.5 Å². The molecule has 2 rings (SSSR count). The van der Waals surface area contributed by atoms with Gasteiger partial charge < -0.3 is 9.68 Å². The largest absolute Gasteiger partial charge is 0.381 e. The van der Waals surface area contributed by atoms with Crippen molar-refractivity contribution in [3.05, 3.63) is 0 Å². The monoisotopic (exact) mass is 294 g/mol. The molecule has 2 atom stereocenters. The van der Waals surface area contributed by atoms with Crippen LogP contribution in [0.5, 0.6) is 0 Å². The van der Waals surface area contributed by atoms with Crippen molar-refractivity contribution in [2.75, 3.05) is 0 Å². The summed E-state index contributed by atoms with van der Waals surface area (Å²) in [4.78, 5) is 23.3. The molecule has 0 aromatic heterocycles. The number of rotatable bonds is 4. The Morgan fingerprint density at radius 2 is 2.10 bits per heavy atom. The molecule has 1 aliphatic heterocycles. The molecule has 0 spiro atoms. The first-order valence-corrected chi connectivity index (χ1v) is 7.89. The third-order valence-corrected chi connectivity index (χ3v) is 4.43. The summed E-state index contributed by atoms with van der Waals surface area (Å²) in [6, 6.07) is 0. The number of nitrogens with zero attached hydrogens (tertiary/aromatic N) is 2. The molecule has 1 aliphatic carbocycles. The molecular weight excluding hydrogens is 268 g/mol. The highest BCUT2D eigenvalue weighted by molar-refractivity contribution is 5.99. The van der Waals surface area contributed by atoms with Crippen LogP contribution < -0.4 is 0 Å². The minimum absolute atomic E-state index is 0.0203. The molecule has 0 amide bonds. The molecule has 21 heavy (non-hydrogen) atoms. The highest BCUT2D eigenvalue weighted by Gasteiger charge is 2.60. The fraction of sp³-hybridized carbons (Fsp3) is 0.812. The second-order valence-corrected chi connectivity index (χ2v) is 6.90. The van der Waals surface area contributed by atoms with Crippen LogP contribution in [0.4, 0.5) is 0 Å².